The van der Waals surface area contributed by atoms with E-state index < -0.39 is 23.5 Å². The van der Waals surface area contributed by atoms with Crippen molar-refractivity contribution in [2.24, 2.45) is 7.05 Å². The van der Waals surface area contributed by atoms with Gasteiger partial charge < -0.3 is 14.4 Å². The molecule has 0 aliphatic heterocycles. The molecular formula is C16H14F3NO4. The minimum atomic E-state index is -4.49. The van der Waals surface area contributed by atoms with Crippen LogP contribution in [0, 0.1) is 0 Å². The predicted molar refractivity (Wildman–Crippen MR) is 78.2 cm³/mol. The van der Waals surface area contributed by atoms with Crippen molar-refractivity contribution in [3.63, 3.8) is 0 Å². The largest absolute Gasteiger partial charge is 0.494 e. The molecule has 2 rings (SSSR count). The molecule has 0 saturated heterocycles. The maximum atomic E-state index is 12.6. The van der Waals surface area contributed by atoms with Gasteiger partial charge in [0.15, 0.2) is 0 Å². The van der Waals surface area contributed by atoms with Crippen molar-refractivity contribution in [2.45, 2.75) is 12.6 Å². The van der Waals surface area contributed by atoms with Gasteiger partial charge in [0, 0.05) is 24.4 Å². The molecule has 0 fully saturated rings. The minimum Gasteiger partial charge on any atom is -0.494 e. The second-order valence-electron chi connectivity index (χ2n) is 5.09. The maximum absolute atomic E-state index is 12.6. The smallest absolute Gasteiger partial charge is 0.416 e. The first-order chi connectivity index (χ1) is 11.1. The number of aliphatic carboxylic acids is 1. The van der Waals surface area contributed by atoms with Crippen LogP contribution >= 0.6 is 0 Å². The third kappa shape index (κ3) is 3.42. The average molecular weight is 341 g/mol. The lowest BCUT2D eigenvalue weighted by molar-refractivity contribution is -0.138. The Balaban J connectivity index is 2.42. The van der Waals surface area contributed by atoms with Crippen molar-refractivity contribution in [1.82, 2.24) is 4.57 Å². The average Bonchev–Trinajstić information content (AvgIpc) is 2.81. The summed E-state index contributed by atoms with van der Waals surface area (Å²) in [5.41, 5.74) is -0.392. The summed E-state index contributed by atoms with van der Waals surface area (Å²) in [7, 11) is 2.82. The summed E-state index contributed by atoms with van der Waals surface area (Å²) in [6.45, 7) is 0. The summed E-state index contributed by atoms with van der Waals surface area (Å²) in [5, 5.41) is 8.88. The van der Waals surface area contributed by atoms with Gasteiger partial charge in [-0.1, -0.05) is 12.1 Å². The molecule has 0 unspecified atom stereocenters. The highest BCUT2D eigenvalue weighted by Crippen LogP contribution is 2.30. The van der Waals surface area contributed by atoms with E-state index >= 15 is 0 Å². The number of nitrogens with zero attached hydrogens (tertiary/aromatic N) is 1. The molecular weight excluding hydrogens is 327 g/mol. The van der Waals surface area contributed by atoms with Crippen molar-refractivity contribution >= 4 is 11.8 Å². The van der Waals surface area contributed by atoms with E-state index in [1.54, 1.807) is 0 Å². The first-order valence-electron chi connectivity index (χ1n) is 6.81. The standard InChI is InChI=1S/C16H14F3NO4/c1-20-11(8-13(21)22)7-12(24-2)14(20)15(23)9-3-5-10(6-4-9)16(17,18)19/h3-7H,8H2,1-2H3,(H,21,22). The summed E-state index contributed by atoms with van der Waals surface area (Å²) in [6.07, 6.45) is -4.80. The Morgan fingerprint density at radius 2 is 1.79 bits per heavy atom. The molecule has 2 aromatic rings. The zero-order chi connectivity index (χ0) is 18.1. The lowest BCUT2D eigenvalue weighted by atomic mass is 10.1. The van der Waals surface area contributed by atoms with Gasteiger partial charge >= 0.3 is 12.1 Å². The van der Waals surface area contributed by atoms with Gasteiger partial charge in [-0.05, 0) is 12.1 Å². The summed E-state index contributed by atoms with van der Waals surface area (Å²) < 4.78 is 44.2. The van der Waals surface area contributed by atoms with Crippen molar-refractivity contribution in [3.8, 4) is 5.75 Å². The van der Waals surface area contributed by atoms with Crippen LogP contribution < -0.4 is 4.74 Å². The van der Waals surface area contributed by atoms with Gasteiger partial charge in [-0.2, -0.15) is 13.2 Å². The molecule has 0 radical (unpaired) electrons. The summed E-state index contributed by atoms with van der Waals surface area (Å²) >= 11 is 0. The Labute approximate surface area is 135 Å². The molecule has 1 heterocycles. The first-order valence-corrected chi connectivity index (χ1v) is 6.81. The molecule has 128 valence electrons. The number of carboxylic acids is 1. The highest BCUT2D eigenvalue weighted by Gasteiger charge is 2.30. The molecule has 8 heteroatoms. The van der Waals surface area contributed by atoms with Crippen LogP contribution in [-0.4, -0.2) is 28.5 Å². The molecule has 0 saturated carbocycles. The second kappa shape index (κ2) is 6.38. The van der Waals surface area contributed by atoms with Crippen molar-refractivity contribution in [1.29, 1.82) is 0 Å². The number of methoxy groups -OCH3 is 1. The lowest BCUT2D eigenvalue weighted by Gasteiger charge is -2.09. The molecule has 0 bridgehead atoms. The Morgan fingerprint density at radius 1 is 1.21 bits per heavy atom. The molecule has 0 amide bonds. The van der Waals surface area contributed by atoms with E-state index in [9.17, 15) is 22.8 Å². The van der Waals surface area contributed by atoms with E-state index in [0.29, 0.717) is 5.69 Å². The number of alkyl halides is 3. The number of carbonyl (C=O) groups excluding carboxylic acids is 1. The number of ketones is 1. The molecule has 0 aliphatic carbocycles. The quantitative estimate of drug-likeness (QED) is 0.849. The van der Waals surface area contributed by atoms with E-state index in [1.165, 1.54) is 24.8 Å². The highest BCUT2D eigenvalue weighted by atomic mass is 19.4. The van der Waals surface area contributed by atoms with E-state index in [0.717, 1.165) is 24.3 Å². The van der Waals surface area contributed by atoms with E-state index in [1.807, 2.05) is 0 Å². The number of rotatable bonds is 5. The van der Waals surface area contributed by atoms with Gasteiger partial charge in [0.1, 0.15) is 11.4 Å². The van der Waals surface area contributed by atoms with Crippen LogP contribution in [0.2, 0.25) is 0 Å². The number of hydrogen-bond acceptors (Lipinski definition) is 3. The van der Waals surface area contributed by atoms with Gasteiger partial charge in [-0.3, -0.25) is 9.59 Å². The number of carboxylic acid groups (broad SMARTS) is 1. The van der Waals surface area contributed by atoms with Gasteiger partial charge in [0.05, 0.1) is 19.1 Å². The summed E-state index contributed by atoms with van der Waals surface area (Å²) in [5.74, 6) is -1.47. The molecule has 24 heavy (non-hydrogen) atoms. The fourth-order valence-corrected chi connectivity index (χ4v) is 2.32. The van der Waals surface area contributed by atoms with Gasteiger partial charge in [0.2, 0.25) is 5.78 Å². The van der Waals surface area contributed by atoms with Crippen LogP contribution in [0.15, 0.2) is 30.3 Å². The Bertz CT molecular complexity index is 776. The number of carbonyl (C=O) groups is 2. The van der Waals surface area contributed by atoms with Gasteiger partial charge in [0.25, 0.3) is 0 Å². The van der Waals surface area contributed by atoms with Crippen molar-refractivity contribution in [2.75, 3.05) is 7.11 Å². The zero-order valence-corrected chi connectivity index (χ0v) is 12.8. The highest BCUT2D eigenvalue weighted by molar-refractivity contribution is 6.10. The Kier molecular flexibility index (Phi) is 4.68. The number of aromatic nitrogens is 1. The van der Waals surface area contributed by atoms with E-state index in [4.69, 9.17) is 9.84 Å². The number of halogens is 3. The zero-order valence-electron chi connectivity index (χ0n) is 12.8. The first kappa shape index (κ1) is 17.6. The molecule has 1 aromatic heterocycles. The van der Waals surface area contributed by atoms with Crippen LogP contribution in [0.4, 0.5) is 13.2 Å². The molecule has 1 N–H and O–H groups in total. The number of benzene rings is 1. The molecule has 0 aliphatic rings. The van der Waals surface area contributed by atoms with Crippen LogP contribution in [0.5, 0.6) is 5.75 Å². The summed E-state index contributed by atoms with van der Waals surface area (Å²) in [4.78, 5) is 23.4. The topological polar surface area (TPSA) is 68.5 Å². The van der Waals surface area contributed by atoms with Crippen LogP contribution in [0.25, 0.3) is 0 Å². The number of ether oxygens (including phenoxy) is 1. The fourth-order valence-electron chi connectivity index (χ4n) is 2.32. The summed E-state index contributed by atoms with van der Waals surface area (Å²) in [6, 6.07) is 5.22. The minimum absolute atomic E-state index is 0.0457. The second-order valence-corrected chi connectivity index (χ2v) is 5.09. The molecule has 0 atom stereocenters. The number of hydrogen-bond donors (Lipinski definition) is 1. The monoisotopic (exact) mass is 341 g/mol. The third-order valence-corrected chi connectivity index (χ3v) is 3.54. The Hall–Kier alpha value is -2.77. The fraction of sp³-hybridized carbons (Fsp3) is 0.250. The van der Waals surface area contributed by atoms with Gasteiger partial charge in [-0.25, -0.2) is 0 Å². The van der Waals surface area contributed by atoms with E-state index in [-0.39, 0.29) is 23.4 Å². The Morgan fingerprint density at radius 3 is 2.25 bits per heavy atom. The van der Waals surface area contributed by atoms with Gasteiger partial charge in [-0.15, -0.1) is 0 Å². The predicted octanol–water partition coefficient (Wildman–Crippen LogP) is 2.91. The van der Waals surface area contributed by atoms with Crippen molar-refractivity contribution < 1.29 is 32.6 Å². The third-order valence-electron chi connectivity index (χ3n) is 3.54. The normalized spacial score (nSPS) is 11.4. The van der Waals surface area contributed by atoms with Crippen LogP contribution in [0.3, 0.4) is 0 Å². The lowest BCUT2D eigenvalue weighted by Crippen LogP contribution is -2.13. The molecule has 5 nitrogen and oxygen atoms in total. The molecule has 0 spiro atoms. The van der Waals surface area contributed by atoms with Crippen LogP contribution in [0.1, 0.15) is 27.3 Å². The van der Waals surface area contributed by atoms with Crippen molar-refractivity contribution in [3.05, 3.63) is 52.8 Å². The maximum Gasteiger partial charge on any atom is 0.416 e. The van der Waals surface area contributed by atoms with E-state index in [2.05, 4.69) is 0 Å². The molecule has 1 aromatic carbocycles. The van der Waals surface area contributed by atoms with Crippen LogP contribution in [-0.2, 0) is 24.4 Å². The SMILES string of the molecule is COc1cc(CC(=O)O)n(C)c1C(=O)c1ccc(C(F)(F)F)cc1.